The van der Waals surface area contributed by atoms with Crippen LogP contribution in [0.3, 0.4) is 0 Å². The number of hydrogen-bond donors (Lipinski definition) is 1. The van der Waals surface area contributed by atoms with Crippen LogP contribution < -0.4 is 5.32 Å². The van der Waals surface area contributed by atoms with Gasteiger partial charge in [0.15, 0.2) is 0 Å². The summed E-state index contributed by atoms with van der Waals surface area (Å²) in [6.45, 7) is 1.93. The van der Waals surface area contributed by atoms with Crippen molar-refractivity contribution >= 4 is 11.6 Å². The first-order valence-electron chi connectivity index (χ1n) is 5.63. The van der Waals surface area contributed by atoms with Crippen molar-refractivity contribution in [3.05, 3.63) is 35.2 Å². The summed E-state index contributed by atoms with van der Waals surface area (Å²) >= 11 is 5.93. The van der Waals surface area contributed by atoms with Gasteiger partial charge in [0.05, 0.1) is 5.92 Å². The molecule has 4 nitrogen and oxygen atoms in total. The van der Waals surface area contributed by atoms with Crippen molar-refractivity contribution in [3.8, 4) is 11.5 Å². The summed E-state index contributed by atoms with van der Waals surface area (Å²) in [7, 11) is 0. The van der Waals surface area contributed by atoms with E-state index in [9.17, 15) is 0 Å². The fourth-order valence-corrected chi connectivity index (χ4v) is 2.19. The van der Waals surface area contributed by atoms with Gasteiger partial charge in [-0.2, -0.15) is 0 Å². The average molecular weight is 250 g/mol. The molecule has 1 atom stereocenters. The van der Waals surface area contributed by atoms with E-state index in [-0.39, 0.29) is 0 Å². The number of halogens is 1. The van der Waals surface area contributed by atoms with E-state index in [1.54, 1.807) is 0 Å². The standard InChI is InChI=1S/C12H12ClN3O/c13-10-3-1-2-8(6-10)11-15-16-12(17-11)9-4-5-14-7-9/h1-3,6,9,14H,4-5,7H2. The van der Waals surface area contributed by atoms with E-state index in [4.69, 9.17) is 16.0 Å². The molecular weight excluding hydrogens is 238 g/mol. The molecule has 2 heterocycles. The summed E-state index contributed by atoms with van der Waals surface area (Å²) in [4.78, 5) is 0. The van der Waals surface area contributed by atoms with E-state index < -0.39 is 0 Å². The molecule has 1 aromatic heterocycles. The highest BCUT2D eigenvalue weighted by Crippen LogP contribution is 2.26. The second-order valence-corrected chi connectivity index (χ2v) is 4.58. The van der Waals surface area contributed by atoms with Crippen LogP contribution in [0, 0.1) is 0 Å². The lowest BCUT2D eigenvalue weighted by Crippen LogP contribution is -2.08. The van der Waals surface area contributed by atoms with Crippen molar-refractivity contribution < 1.29 is 4.42 Å². The van der Waals surface area contributed by atoms with Crippen LogP contribution >= 0.6 is 11.6 Å². The Balaban J connectivity index is 1.89. The Kier molecular flexibility index (Phi) is 2.82. The normalized spacial score (nSPS) is 19.7. The lowest BCUT2D eigenvalue weighted by Gasteiger charge is -2.00. The zero-order valence-electron chi connectivity index (χ0n) is 9.19. The summed E-state index contributed by atoms with van der Waals surface area (Å²) < 4.78 is 5.69. The van der Waals surface area contributed by atoms with Crippen LogP contribution in [0.15, 0.2) is 28.7 Å². The third kappa shape index (κ3) is 2.18. The number of benzene rings is 1. The van der Waals surface area contributed by atoms with Gasteiger partial charge < -0.3 is 9.73 Å². The number of rotatable bonds is 2. The molecule has 1 aromatic carbocycles. The van der Waals surface area contributed by atoms with Crippen molar-refractivity contribution in [2.45, 2.75) is 12.3 Å². The molecule has 1 unspecified atom stereocenters. The molecule has 0 bridgehead atoms. The fourth-order valence-electron chi connectivity index (χ4n) is 2.00. The van der Waals surface area contributed by atoms with Gasteiger partial charge in [0.25, 0.3) is 0 Å². The van der Waals surface area contributed by atoms with E-state index in [0.717, 1.165) is 25.1 Å². The molecule has 1 N–H and O–H groups in total. The highest BCUT2D eigenvalue weighted by atomic mass is 35.5. The van der Waals surface area contributed by atoms with E-state index in [2.05, 4.69) is 15.5 Å². The third-order valence-corrected chi connectivity index (χ3v) is 3.16. The molecule has 17 heavy (non-hydrogen) atoms. The Morgan fingerprint density at radius 2 is 2.29 bits per heavy atom. The van der Waals surface area contributed by atoms with Crippen LogP contribution in [0.5, 0.6) is 0 Å². The van der Waals surface area contributed by atoms with Crippen LogP contribution in [0.4, 0.5) is 0 Å². The Morgan fingerprint density at radius 3 is 3.06 bits per heavy atom. The molecule has 0 radical (unpaired) electrons. The van der Waals surface area contributed by atoms with Gasteiger partial charge in [-0.3, -0.25) is 0 Å². The number of nitrogens with one attached hydrogen (secondary N) is 1. The maximum absolute atomic E-state index is 5.93. The highest BCUT2D eigenvalue weighted by Gasteiger charge is 2.22. The monoisotopic (exact) mass is 249 g/mol. The maximum Gasteiger partial charge on any atom is 0.247 e. The minimum atomic E-state index is 0.343. The fraction of sp³-hybridized carbons (Fsp3) is 0.333. The Hall–Kier alpha value is -1.39. The molecule has 3 rings (SSSR count). The summed E-state index contributed by atoms with van der Waals surface area (Å²) in [5.74, 6) is 1.59. The first-order valence-corrected chi connectivity index (χ1v) is 6.01. The molecule has 1 aliphatic heterocycles. The van der Waals surface area contributed by atoms with Gasteiger partial charge >= 0.3 is 0 Å². The predicted molar refractivity (Wildman–Crippen MR) is 65.0 cm³/mol. The molecule has 0 amide bonds. The summed E-state index contributed by atoms with van der Waals surface area (Å²) in [5, 5.41) is 12.1. The molecule has 0 spiro atoms. The first kappa shape index (κ1) is 10.7. The minimum Gasteiger partial charge on any atom is -0.420 e. The maximum atomic E-state index is 5.93. The first-order chi connectivity index (χ1) is 8.33. The van der Waals surface area contributed by atoms with Crippen molar-refractivity contribution in [2.24, 2.45) is 0 Å². The minimum absolute atomic E-state index is 0.343. The summed E-state index contributed by atoms with van der Waals surface area (Å²) in [5.41, 5.74) is 0.863. The van der Waals surface area contributed by atoms with Crippen LogP contribution in [0.25, 0.3) is 11.5 Å². The van der Waals surface area contributed by atoms with Crippen LogP contribution in [-0.2, 0) is 0 Å². The third-order valence-electron chi connectivity index (χ3n) is 2.92. The highest BCUT2D eigenvalue weighted by molar-refractivity contribution is 6.30. The van der Waals surface area contributed by atoms with Gasteiger partial charge in [0, 0.05) is 17.1 Å². The van der Waals surface area contributed by atoms with Gasteiger partial charge in [-0.05, 0) is 31.2 Å². The molecule has 0 saturated carbocycles. The predicted octanol–water partition coefficient (Wildman–Crippen LogP) is 2.47. The molecule has 88 valence electrons. The summed E-state index contributed by atoms with van der Waals surface area (Å²) in [6, 6.07) is 7.43. The second-order valence-electron chi connectivity index (χ2n) is 4.15. The van der Waals surface area contributed by atoms with Gasteiger partial charge in [-0.25, -0.2) is 0 Å². The zero-order valence-corrected chi connectivity index (χ0v) is 9.94. The van der Waals surface area contributed by atoms with E-state index >= 15 is 0 Å². The molecule has 2 aromatic rings. The Bertz CT molecular complexity index is 520. The SMILES string of the molecule is Clc1cccc(-c2nnc(C3CCNC3)o2)c1. The number of hydrogen-bond acceptors (Lipinski definition) is 4. The zero-order chi connectivity index (χ0) is 11.7. The molecule has 1 saturated heterocycles. The molecule has 5 heteroatoms. The Labute approximate surface area is 104 Å². The largest absolute Gasteiger partial charge is 0.420 e. The van der Waals surface area contributed by atoms with Crippen molar-refractivity contribution in [1.82, 2.24) is 15.5 Å². The van der Waals surface area contributed by atoms with Crippen LogP contribution in [0.1, 0.15) is 18.2 Å². The lowest BCUT2D eigenvalue weighted by atomic mass is 10.1. The van der Waals surface area contributed by atoms with Crippen molar-refractivity contribution in [3.63, 3.8) is 0 Å². The molecular formula is C12H12ClN3O. The molecule has 1 fully saturated rings. The van der Waals surface area contributed by atoms with Crippen molar-refractivity contribution in [1.29, 1.82) is 0 Å². The van der Waals surface area contributed by atoms with Crippen LogP contribution in [-0.4, -0.2) is 23.3 Å². The number of nitrogens with zero attached hydrogens (tertiary/aromatic N) is 2. The quantitative estimate of drug-likeness (QED) is 0.888. The topological polar surface area (TPSA) is 51.0 Å². The average Bonchev–Trinajstić information content (AvgIpc) is 3.00. The smallest absolute Gasteiger partial charge is 0.247 e. The van der Waals surface area contributed by atoms with E-state index in [0.29, 0.717) is 22.7 Å². The lowest BCUT2D eigenvalue weighted by molar-refractivity contribution is 0.467. The second kappa shape index (κ2) is 4.47. The summed E-state index contributed by atoms with van der Waals surface area (Å²) in [6.07, 6.45) is 1.05. The van der Waals surface area contributed by atoms with Gasteiger partial charge in [-0.1, -0.05) is 17.7 Å². The van der Waals surface area contributed by atoms with E-state index in [1.165, 1.54) is 0 Å². The Morgan fingerprint density at radius 1 is 1.35 bits per heavy atom. The van der Waals surface area contributed by atoms with Gasteiger partial charge in [0.2, 0.25) is 11.8 Å². The van der Waals surface area contributed by atoms with Gasteiger partial charge in [-0.15, -0.1) is 10.2 Å². The molecule has 1 aliphatic rings. The van der Waals surface area contributed by atoms with E-state index in [1.807, 2.05) is 24.3 Å². The van der Waals surface area contributed by atoms with Gasteiger partial charge in [0.1, 0.15) is 0 Å². The number of aromatic nitrogens is 2. The van der Waals surface area contributed by atoms with Crippen LogP contribution in [0.2, 0.25) is 5.02 Å². The van der Waals surface area contributed by atoms with Crippen molar-refractivity contribution in [2.75, 3.05) is 13.1 Å². The molecule has 0 aliphatic carbocycles.